The summed E-state index contributed by atoms with van der Waals surface area (Å²) in [6, 6.07) is 0. The molecular weight excluding hydrogens is 252 g/mol. The molecule has 0 bridgehead atoms. The van der Waals surface area contributed by atoms with Gasteiger partial charge in [0.1, 0.15) is 6.33 Å². The van der Waals surface area contributed by atoms with Crippen molar-refractivity contribution >= 4 is 10.0 Å². The van der Waals surface area contributed by atoms with Crippen LogP contribution in [0.5, 0.6) is 0 Å². The van der Waals surface area contributed by atoms with E-state index in [9.17, 15) is 8.42 Å². The minimum absolute atomic E-state index is 0.0528. The van der Waals surface area contributed by atoms with Crippen LogP contribution in [0.25, 0.3) is 0 Å². The number of hydrogen-bond acceptors (Lipinski definition) is 4. The molecule has 0 spiro atoms. The lowest BCUT2D eigenvalue weighted by Gasteiger charge is -2.01. The quantitative estimate of drug-likeness (QED) is 0.745. The van der Waals surface area contributed by atoms with Crippen LogP contribution in [-0.4, -0.2) is 26.9 Å². The Balaban J connectivity index is 2.15. The molecule has 0 aliphatic carbocycles. The lowest BCUT2D eigenvalue weighted by molar-refractivity contribution is 0.582. The Labute approximate surface area is 106 Å². The maximum absolute atomic E-state index is 12.1. The first-order chi connectivity index (χ1) is 8.64. The fraction of sp³-hybridized carbons (Fsp3) is 0.455. The van der Waals surface area contributed by atoms with Gasteiger partial charge in [-0.1, -0.05) is 19.8 Å². The van der Waals surface area contributed by atoms with E-state index in [1.165, 1.54) is 18.7 Å². The second-order valence-corrected chi connectivity index (χ2v) is 5.84. The van der Waals surface area contributed by atoms with E-state index >= 15 is 0 Å². The molecule has 0 amide bonds. The molecule has 0 N–H and O–H groups in total. The molecule has 0 fully saturated rings. The van der Waals surface area contributed by atoms with Crippen molar-refractivity contribution in [2.75, 3.05) is 0 Å². The van der Waals surface area contributed by atoms with Gasteiger partial charge >= 0.3 is 0 Å². The molecule has 98 valence electrons. The summed E-state index contributed by atoms with van der Waals surface area (Å²) in [7, 11) is -3.58. The molecule has 0 aliphatic rings. The molecular formula is C11H16N4O2S. The molecule has 2 rings (SSSR count). The minimum atomic E-state index is -3.58. The molecule has 0 saturated heterocycles. The lowest BCUT2D eigenvalue weighted by atomic mass is 10.2. The van der Waals surface area contributed by atoms with Crippen molar-refractivity contribution in [3.63, 3.8) is 0 Å². The molecule has 0 saturated carbocycles. The highest BCUT2D eigenvalue weighted by Crippen LogP contribution is 2.11. The number of aromatic nitrogens is 4. The van der Waals surface area contributed by atoms with E-state index < -0.39 is 10.0 Å². The van der Waals surface area contributed by atoms with Crippen LogP contribution in [0, 0.1) is 0 Å². The van der Waals surface area contributed by atoms with Crippen LogP contribution in [0.15, 0.2) is 36.3 Å². The van der Waals surface area contributed by atoms with Gasteiger partial charge in [-0.2, -0.15) is 8.42 Å². The van der Waals surface area contributed by atoms with E-state index in [1.807, 2.05) is 0 Å². The number of unbranched alkanes of at least 4 members (excludes halogenated alkanes) is 2. The fourth-order valence-corrected chi connectivity index (χ4v) is 2.69. The fourth-order valence-electron chi connectivity index (χ4n) is 1.64. The largest absolute Gasteiger partial charge is 0.336 e. The average Bonchev–Trinajstić information content (AvgIpc) is 3.01. The van der Waals surface area contributed by atoms with Crippen LogP contribution in [0.1, 0.15) is 26.2 Å². The predicted octanol–water partition coefficient (Wildman–Crippen LogP) is 1.51. The number of rotatable bonds is 6. The van der Waals surface area contributed by atoms with Crippen molar-refractivity contribution in [3.05, 3.63) is 31.2 Å². The molecule has 0 atom stereocenters. The van der Waals surface area contributed by atoms with Gasteiger partial charge in [-0.05, 0) is 6.42 Å². The molecule has 0 aliphatic heterocycles. The molecule has 2 aromatic heterocycles. The van der Waals surface area contributed by atoms with Crippen molar-refractivity contribution in [3.8, 4) is 0 Å². The molecule has 0 aromatic carbocycles. The van der Waals surface area contributed by atoms with Crippen LogP contribution >= 0.6 is 0 Å². The molecule has 18 heavy (non-hydrogen) atoms. The van der Waals surface area contributed by atoms with Gasteiger partial charge in [0, 0.05) is 25.1 Å². The van der Waals surface area contributed by atoms with Gasteiger partial charge in [-0.15, -0.1) is 0 Å². The van der Waals surface area contributed by atoms with Crippen molar-refractivity contribution < 1.29 is 8.42 Å². The number of hydrogen-bond donors (Lipinski definition) is 0. The van der Waals surface area contributed by atoms with Crippen molar-refractivity contribution in [1.29, 1.82) is 0 Å². The normalized spacial score (nSPS) is 11.8. The van der Waals surface area contributed by atoms with E-state index in [1.54, 1.807) is 17.1 Å². The number of imidazole rings is 2. The topological polar surface area (TPSA) is 69.8 Å². The minimum Gasteiger partial charge on any atom is -0.336 e. The van der Waals surface area contributed by atoms with Gasteiger partial charge in [0.25, 0.3) is 10.0 Å². The summed E-state index contributed by atoms with van der Waals surface area (Å²) in [4.78, 5) is 7.68. The number of aryl methyl sites for hydroxylation is 1. The molecule has 7 heteroatoms. The van der Waals surface area contributed by atoms with Crippen LogP contribution < -0.4 is 0 Å². The van der Waals surface area contributed by atoms with Crippen LogP contribution in [0.2, 0.25) is 0 Å². The smallest absolute Gasteiger partial charge is 0.287 e. The Morgan fingerprint density at radius 2 is 2.11 bits per heavy atom. The summed E-state index contributed by atoms with van der Waals surface area (Å²) in [6.45, 7) is 2.92. The Morgan fingerprint density at radius 3 is 2.78 bits per heavy atom. The third-order valence-corrected chi connectivity index (χ3v) is 4.16. The van der Waals surface area contributed by atoms with Gasteiger partial charge in [-0.3, -0.25) is 0 Å². The zero-order chi connectivity index (χ0) is 13.0. The number of nitrogens with zero attached hydrogens (tertiary/aromatic N) is 4. The van der Waals surface area contributed by atoms with Gasteiger partial charge < -0.3 is 4.57 Å². The highest BCUT2D eigenvalue weighted by atomic mass is 32.2. The van der Waals surface area contributed by atoms with Gasteiger partial charge in [0.15, 0.2) is 5.03 Å². The third kappa shape index (κ3) is 2.61. The van der Waals surface area contributed by atoms with E-state index in [2.05, 4.69) is 16.9 Å². The summed E-state index contributed by atoms with van der Waals surface area (Å²) < 4.78 is 27.0. The summed E-state index contributed by atoms with van der Waals surface area (Å²) in [5.41, 5.74) is 0. The molecule has 2 aromatic rings. The van der Waals surface area contributed by atoms with E-state index in [0.29, 0.717) is 0 Å². The van der Waals surface area contributed by atoms with E-state index in [4.69, 9.17) is 0 Å². The molecule has 0 unspecified atom stereocenters. The Morgan fingerprint density at radius 1 is 1.28 bits per heavy atom. The highest BCUT2D eigenvalue weighted by molar-refractivity contribution is 7.89. The molecule has 2 heterocycles. The standard InChI is InChI=1S/C11H16N4O2S/c1-2-3-4-6-14-8-11(13-10-14)18(16,17)15-7-5-12-9-15/h5,7-10H,2-4,6H2,1H3. The second-order valence-electron chi connectivity index (χ2n) is 4.05. The first-order valence-electron chi connectivity index (χ1n) is 5.90. The van der Waals surface area contributed by atoms with Crippen molar-refractivity contribution in [1.82, 2.24) is 18.5 Å². The SMILES string of the molecule is CCCCCn1cnc(S(=O)(=O)n2ccnc2)c1. The maximum Gasteiger partial charge on any atom is 0.287 e. The van der Waals surface area contributed by atoms with E-state index in [0.717, 1.165) is 29.8 Å². The van der Waals surface area contributed by atoms with Crippen molar-refractivity contribution in [2.45, 2.75) is 37.8 Å². The summed E-state index contributed by atoms with van der Waals surface area (Å²) in [6.07, 6.45) is 10.5. The zero-order valence-electron chi connectivity index (χ0n) is 10.2. The first-order valence-corrected chi connectivity index (χ1v) is 7.34. The predicted molar refractivity (Wildman–Crippen MR) is 66.6 cm³/mol. The van der Waals surface area contributed by atoms with Crippen LogP contribution in [0.3, 0.4) is 0 Å². The zero-order valence-corrected chi connectivity index (χ0v) is 11.0. The first kappa shape index (κ1) is 12.8. The summed E-state index contributed by atoms with van der Waals surface area (Å²) in [5, 5.41) is 0.0528. The Kier molecular flexibility index (Phi) is 3.81. The van der Waals surface area contributed by atoms with Crippen LogP contribution in [0.4, 0.5) is 0 Å². The maximum atomic E-state index is 12.1. The summed E-state index contributed by atoms with van der Waals surface area (Å²) >= 11 is 0. The van der Waals surface area contributed by atoms with Gasteiger partial charge in [-0.25, -0.2) is 13.9 Å². The Bertz CT molecular complexity index is 586. The molecule has 6 nitrogen and oxygen atoms in total. The molecule has 0 radical (unpaired) electrons. The monoisotopic (exact) mass is 268 g/mol. The lowest BCUT2D eigenvalue weighted by Crippen LogP contribution is -2.11. The Hall–Kier alpha value is -1.63. The van der Waals surface area contributed by atoms with E-state index in [-0.39, 0.29) is 5.03 Å². The van der Waals surface area contributed by atoms with Gasteiger partial charge in [0.2, 0.25) is 0 Å². The average molecular weight is 268 g/mol. The highest BCUT2D eigenvalue weighted by Gasteiger charge is 2.19. The van der Waals surface area contributed by atoms with Gasteiger partial charge in [0.05, 0.1) is 6.33 Å². The van der Waals surface area contributed by atoms with Crippen molar-refractivity contribution in [2.24, 2.45) is 0 Å². The summed E-state index contributed by atoms with van der Waals surface area (Å²) in [5.74, 6) is 0. The van der Waals surface area contributed by atoms with Crippen LogP contribution in [-0.2, 0) is 16.6 Å². The third-order valence-electron chi connectivity index (χ3n) is 2.65. The second kappa shape index (κ2) is 5.34.